The van der Waals surface area contributed by atoms with Gasteiger partial charge < -0.3 is 5.32 Å². The van der Waals surface area contributed by atoms with Gasteiger partial charge in [-0.3, -0.25) is 9.48 Å². The molecule has 27 heavy (non-hydrogen) atoms. The minimum atomic E-state index is -0.0945. The van der Waals surface area contributed by atoms with E-state index in [0.29, 0.717) is 18.7 Å². The Labute approximate surface area is 157 Å². The molecule has 0 atom stereocenters. The summed E-state index contributed by atoms with van der Waals surface area (Å²) in [5.41, 5.74) is 5.88. The highest BCUT2D eigenvalue weighted by Gasteiger charge is 2.09. The zero-order chi connectivity index (χ0) is 18.8. The molecule has 0 spiro atoms. The van der Waals surface area contributed by atoms with E-state index in [1.165, 1.54) is 0 Å². The Kier molecular flexibility index (Phi) is 4.46. The third-order valence-electron chi connectivity index (χ3n) is 4.60. The molecule has 1 amide bonds. The molecule has 0 unspecified atom stereocenters. The largest absolute Gasteiger partial charge is 0.348 e. The molecule has 4 rings (SSSR count). The van der Waals surface area contributed by atoms with E-state index >= 15 is 0 Å². The SMILES string of the molecule is Cc1cc(C)n(Cc2ccc(C(=O)NCc3cnn4ccccc34)cc2)n1. The molecule has 6 nitrogen and oxygen atoms in total. The minimum absolute atomic E-state index is 0.0945. The van der Waals surface area contributed by atoms with Crippen molar-refractivity contribution in [3.05, 3.63) is 89.0 Å². The van der Waals surface area contributed by atoms with E-state index in [2.05, 4.69) is 21.6 Å². The smallest absolute Gasteiger partial charge is 0.251 e. The molecule has 3 heterocycles. The number of rotatable bonds is 5. The van der Waals surface area contributed by atoms with E-state index in [4.69, 9.17) is 0 Å². The molecule has 6 heteroatoms. The van der Waals surface area contributed by atoms with Crippen LogP contribution in [0.15, 0.2) is 60.9 Å². The Morgan fingerprint density at radius 3 is 2.67 bits per heavy atom. The number of fused-ring (bicyclic) bond motifs is 1. The first-order chi connectivity index (χ1) is 13.1. The van der Waals surface area contributed by atoms with Gasteiger partial charge in [0, 0.05) is 29.6 Å². The van der Waals surface area contributed by atoms with E-state index in [1.807, 2.05) is 67.2 Å². The Morgan fingerprint density at radius 2 is 1.93 bits per heavy atom. The summed E-state index contributed by atoms with van der Waals surface area (Å²) >= 11 is 0. The monoisotopic (exact) mass is 359 g/mol. The van der Waals surface area contributed by atoms with Crippen molar-refractivity contribution in [2.75, 3.05) is 0 Å². The molecule has 0 saturated heterocycles. The van der Waals surface area contributed by atoms with Gasteiger partial charge in [-0.05, 0) is 49.7 Å². The Balaban J connectivity index is 1.41. The number of aryl methyl sites for hydroxylation is 2. The van der Waals surface area contributed by atoms with Crippen LogP contribution in [0.1, 0.15) is 32.9 Å². The zero-order valence-corrected chi connectivity index (χ0v) is 15.4. The van der Waals surface area contributed by atoms with Crippen LogP contribution < -0.4 is 5.32 Å². The van der Waals surface area contributed by atoms with E-state index < -0.39 is 0 Å². The second-order valence-corrected chi connectivity index (χ2v) is 6.66. The third kappa shape index (κ3) is 3.60. The van der Waals surface area contributed by atoms with Crippen LogP contribution in [0.25, 0.3) is 5.52 Å². The number of nitrogens with zero attached hydrogens (tertiary/aromatic N) is 4. The first-order valence-electron chi connectivity index (χ1n) is 8.89. The maximum absolute atomic E-state index is 12.4. The molecule has 3 aromatic heterocycles. The van der Waals surface area contributed by atoms with E-state index in [1.54, 1.807) is 10.7 Å². The molecule has 0 aliphatic heterocycles. The van der Waals surface area contributed by atoms with E-state index in [0.717, 1.165) is 28.0 Å². The van der Waals surface area contributed by atoms with Crippen molar-refractivity contribution in [1.82, 2.24) is 24.7 Å². The van der Waals surface area contributed by atoms with Gasteiger partial charge in [0.2, 0.25) is 0 Å². The Morgan fingerprint density at radius 1 is 1.11 bits per heavy atom. The lowest BCUT2D eigenvalue weighted by Crippen LogP contribution is -2.22. The first-order valence-corrected chi connectivity index (χ1v) is 8.89. The summed E-state index contributed by atoms with van der Waals surface area (Å²) in [6.07, 6.45) is 3.68. The highest BCUT2D eigenvalue weighted by Crippen LogP contribution is 2.11. The second-order valence-electron chi connectivity index (χ2n) is 6.66. The molecule has 1 N–H and O–H groups in total. The molecular formula is C21H21N5O. The van der Waals surface area contributed by atoms with Crippen molar-refractivity contribution in [1.29, 1.82) is 0 Å². The number of pyridine rings is 1. The van der Waals surface area contributed by atoms with Crippen LogP contribution in [0.3, 0.4) is 0 Å². The van der Waals surface area contributed by atoms with Gasteiger partial charge in [-0.1, -0.05) is 18.2 Å². The summed E-state index contributed by atoms with van der Waals surface area (Å²) in [6, 6.07) is 15.6. The number of hydrogen-bond donors (Lipinski definition) is 1. The first kappa shape index (κ1) is 17.0. The molecule has 0 aliphatic rings. The lowest BCUT2D eigenvalue weighted by Gasteiger charge is -2.07. The van der Waals surface area contributed by atoms with Gasteiger partial charge in [-0.15, -0.1) is 0 Å². The molecular weight excluding hydrogens is 338 g/mol. The highest BCUT2D eigenvalue weighted by atomic mass is 16.1. The fourth-order valence-corrected chi connectivity index (χ4v) is 3.17. The lowest BCUT2D eigenvalue weighted by molar-refractivity contribution is 0.0951. The van der Waals surface area contributed by atoms with Gasteiger partial charge >= 0.3 is 0 Å². The predicted molar refractivity (Wildman–Crippen MR) is 104 cm³/mol. The van der Waals surface area contributed by atoms with Gasteiger partial charge in [0.05, 0.1) is 24.0 Å². The molecule has 0 bridgehead atoms. The van der Waals surface area contributed by atoms with Gasteiger partial charge in [0.1, 0.15) is 0 Å². The normalized spacial score (nSPS) is 11.0. The van der Waals surface area contributed by atoms with Crippen molar-refractivity contribution in [3.63, 3.8) is 0 Å². The fourth-order valence-electron chi connectivity index (χ4n) is 3.17. The molecule has 136 valence electrons. The second kappa shape index (κ2) is 7.07. The van der Waals surface area contributed by atoms with E-state index in [9.17, 15) is 4.79 Å². The number of benzene rings is 1. The average molecular weight is 359 g/mol. The van der Waals surface area contributed by atoms with Crippen LogP contribution in [-0.2, 0) is 13.1 Å². The Bertz CT molecular complexity index is 1090. The van der Waals surface area contributed by atoms with Crippen molar-refractivity contribution < 1.29 is 4.79 Å². The lowest BCUT2D eigenvalue weighted by atomic mass is 10.1. The summed E-state index contributed by atoms with van der Waals surface area (Å²) in [4.78, 5) is 12.4. The van der Waals surface area contributed by atoms with Gasteiger partial charge in [-0.25, -0.2) is 4.52 Å². The topological polar surface area (TPSA) is 64.2 Å². The molecule has 0 saturated carbocycles. The van der Waals surface area contributed by atoms with E-state index in [-0.39, 0.29) is 5.91 Å². The summed E-state index contributed by atoms with van der Waals surface area (Å²) < 4.78 is 3.77. The summed E-state index contributed by atoms with van der Waals surface area (Å²) in [7, 11) is 0. The number of amides is 1. The summed E-state index contributed by atoms with van der Waals surface area (Å²) in [6.45, 7) is 5.17. The van der Waals surface area contributed by atoms with Crippen molar-refractivity contribution in [3.8, 4) is 0 Å². The van der Waals surface area contributed by atoms with Gasteiger partial charge in [-0.2, -0.15) is 10.2 Å². The van der Waals surface area contributed by atoms with Crippen LogP contribution in [0, 0.1) is 13.8 Å². The molecule has 1 aromatic carbocycles. The van der Waals surface area contributed by atoms with Crippen LogP contribution >= 0.6 is 0 Å². The van der Waals surface area contributed by atoms with Crippen molar-refractivity contribution in [2.24, 2.45) is 0 Å². The number of aromatic nitrogens is 4. The molecule has 4 aromatic rings. The fraction of sp³-hybridized carbons (Fsp3) is 0.190. The minimum Gasteiger partial charge on any atom is -0.348 e. The van der Waals surface area contributed by atoms with Crippen LogP contribution in [0.5, 0.6) is 0 Å². The summed E-state index contributed by atoms with van der Waals surface area (Å²) in [5.74, 6) is -0.0945. The van der Waals surface area contributed by atoms with Crippen LogP contribution in [0.2, 0.25) is 0 Å². The van der Waals surface area contributed by atoms with Crippen LogP contribution in [0.4, 0.5) is 0 Å². The number of nitrogens with one attached hydrogen (secondary N) is 1. The van der Waals surface area contributed by atoms with Crippen molar-refractivity contribution >= 4 is 11.4 Å². The number of carbonyl (C=O) groups excluding carboxylic acids is 1. The standard InChI is InChI=1S/C21H21N5O/c1-15-11-16(2)26(24-15)14-17-6-8-18(9-7-17)21(27)22-12-19-13-23-25-10-4-3-5-20(19)25/h3-11,13H,12,14H2,1-2H3,(H,22,27). The van der Waals surface area contributed by atoms with Gasteiger partial charge in [0.25, 0.3) is 5.91 Å². The quantitative estimate of drug-likeness (QED) is 0.595. The average Bonchev–Trinajstić information content (AvgIpc) is 3.23. The molecule has 0 aliphatic carbocycles. The highest BCUT2D eigenvalue weighted by molar-refractivity contribution is 5.94. The van der Waals surface area contributed by atoms with Crippen LogP contribution in [-0.4, -0.2) is 25.3 Å². The van der Waals surface area contributed by atoms with Gasteiger partial charge in [0.15, 0.2) is 0 Å². The summed E-state index contributed by atoms with van der Waals surface area (Å²) in [5, 5.41) is 11.7. The molecule has 0 fully saturated rings. The Hall–Kier alpha value is -3.41. The third-order valence-corrected chi connectivity index (χ3v) is 4.60. The number of hydrogen-bond acceptors (Lipinski definition) is 3. The molecule has 0 radical (unpaired) electrons. The zero-order valence-electron chi connectivity index (χ0n) is 15.4. The van der Waals surface area contributed by atoms with Crippen molar-refractivity contribution in [2.45, 2.75) is 26.9 Å². The predicted octanol–water partition coefficient (Wildman–Crippen LogP) is 3.13. The maximum Gasteiger partial charge on any atom is 0.251 e. The maximum atomic E-state index is 12.4. The number of carbonyl (C=O) groups is 1.